The Morgan fingerprint density at radius 2 is 1.52 bits per heavy atom. The molecule has 0 saturated carbocycles. The van der Waals surface area contributed by atoms with Crippen LogP contribution < -0.4 is 4.90 Å². The topological polar surface area (TPSA) is 44.8 Å². The minimum atomic E-state index is 0.959. The monoisotopic (exact) mass is 356 g/mol. The van der Waals surface area contributed by atoms with Crippen LogP contribution in [0, 0.1) is 20.8 Å². The van der Waals surface area contributed by atoms with E-state index >= 15 is 0 Å². The Morgan fingerprint density at radius 3 is 2.15 bits per heavy atom. The first-order valence-corrected chi connectivity index (χ1v) is 9.14. The van der Waals surface area contributed by atoms with E-state index in [0.29, 0.717) is 0 Å². The van der Waals surface area contributed by atoms with Crippen molar-refractivity contribution in [1.29, 1.82) is 0 Å². The van der Waals surface area contributed by atoms with Gasteiger partial charge < -0.3 is 9.88 Å². The van der Waals surface area contributed by atoms with E-state index in [1.165, 1.54) is 16.5 Å². The highest BCUT2D eigenvalue weighted by Crippen LogP contribution is 2.33. The van der Waals surface area contributed by atoms with Crippen LogP contribution in [0.15, 0.2) is 48.7 Å². The quantitative estimate of drug-likeness (QED) is 0.543. The van der Waals surface area contributed by atoms with Crippen molar-refractivity contribution in [1.82, 2.24) is 15.0 Å². The third kappa shape index (κ3) is 3.19. The average Bonchev–Trinajstić information content (AvgIpc) is 2.97. The lowest BCUT2D eigenvalue weighted by molar-refractivity contribution is 1.07. The Balaban J connectivity index is 1.79. The predicted molar refractivity (Wildman–Crippen MR) is 113 cm³/mol. The molecule has 0 amide bonds. The van der Waals surface area contributed by atoms with Gasteiger partial charge in [-0.25, -0.2) is 4.98 Å². The molecule has 0 aliphatic rings. The van der Waals surface area contributed by atoms with Crippen LogP contribution in [0.4, 0.5) is 5.82 Å². The molecule has 0 aliphatic heterocycles. The summed E-state index contributed by atoms with van der Waals surface area (Å²) in [6, 6.07) is 15.0. The third-order valence-electron chi connectivity index (χ3n) is 4.97. The highest BCUT2D eigenvalue weighted by Gasteiger charge is 2.12. The van der Waals surface area contributed by atoms with Crippen LogP contribution in [0.5, 0.6) is 0 Å². The van der Waals surface area contributed by atoms with E-state index in [9.17, 15) is 0 Å². The Hall–Kier alpha value is -3.14. The van der Waals surface area contributed by atoms with Gasteiger partial charge in [0.05, 0.1) is 0 Å². The summed E-state index contributed by atoms with van der Waals surface area (Å²) in [6.07, 6.45) is 1.93. The Morgan fingerprint density at radius 1 is 0.815 bits per heavy atom. The van der Waals surface area contributed by atoms with Gasteiger partial charge >= 0.3 is 0 Å². The van der Waals surface area contributed by atoms with Crippen LogP contribution in [0.25, 0.3) is 33.3 Å². The Kier molecular flexibility index (Phi) is 4.19. The van der Waals surface area contributed by atoms with Crippen molar-refractivity contribution < 1.29 is 0 Å². The molecule has 0 fully saturated rings. The second-order valence-corrected chi connectivity index (χ2v) is 7.32. The van der Waals surface area contributed by atoms with Gasteiger partial charge in [-0.1, -0.05) is 12.1 Å². The highest BCUT2D eigenvalue weighted by atomic mass is 15.1. The van der Waals surface area contributed by atoms with Crippen molar-refractivity contribution in [3.63, 3.8) is 0 Å². The Bertz CT molecular complexity index is 1100. The molecule has 27 heavy (non-hydrogen) atoms. The van der Waals surface area contributed by atoms with Crippen molar-refractivity contribution in [2.45, 2.75) is 20.8 Å². The minimum absolute atomic E-state index is 0.959. The summed E-state index contributed by atoms with van der Waals surface area (Å²) in [5.74, 6) is 0.959. The number of H-pyrrole nitrogens is 1. The van der Waals surface area contributed by atoms with Crippen LogP contribution in [-0.2, 0) is 0 Å². The van der Waals surface area contributed by atoms with Gasteiger partial charge in [0.1, 0.15) is 5.82 Å². The molecule has 1 N–H and O–H groups in total. The lowest BCUT2D eigenvalue weighted by Gasteiger charge is -2.11. The van der Waals surface area contributed by atoms with Gasteiger partial charge in [-0.05, 0) is 62.2 Å². The molecular weight excluding hydrogens is 332 g/mol. The first kappa shape index (κ1) is 17.3. The number of nitrogens with zero attached hydrogens (tertiary/aromatic N) is 3. The Labute approximate surface area is 159 Å². The summed E-state index contributed by atoms with van der Waals surface area (Å²) in [4.78, 5) is 14.6. The van der Waals surface area contributed by atoms with Crippen LogP contribution in [0.3, 0.4) is 0 Å². The van der Waals surface area contributed by atoms with Crippen LogP contribution >= 0.6 is 0 Å². The molecule has 0 atom stereocenters. The van der Waals surface area contributed by atoms with Gasteiger partial charge in [-0.2, -0.15) is 0 Å². The summed E-state index contributed by atoms with van der Waals surface area (Å²) in [7, 11) is 4.00. The number of nitrogens with one attached hydrogen (secondary N) is 1. The summed E-state index contributed by atoms with van der Waals surface area (Å²) >= 11 is 0. The maximum atomic E-state index is 4.53. The number of hydrogen-bond donors (Lipinski definition) is 1. The molecule has 3 heterocycles. The van der Waals surface area contributed by atoms with E-state index in [4.69, 9.17) is 0 Å². The number of aryl methyl sites for hydroxylation is 3. The molecule has 4 heteroatoms. The number of aromatic nitrogens is 3. The number of aromatic amines is 1. The molecule has 0 aliphatic carbocycles. The maximum absolute atomic E-state index is 4.53. The molecule has 0 saturated heterocycles. The highest BCUT2D eigenvalue weighted by molar-refractivity contribution is 5.93. The second kappa shape index (κ2) is 6.54. The van der Waals surface area contributed by atoms with Crippen LogP contribution in [0.1, 0.15) is 17.0 Å². The molecule has 0 bridgehead atoms. The van der Waals surface area contributed by atoms with E-state index in [2.05, 4.69) is 58.3 Å². The fourth-order valence-electron chi connectivity index (χ4n) is 3.61. The van der Waals surface area contributed by atoms with E-state index in [-0.39, 0.29) is 0 Å². The number of hydrogen-bond acceptors (Lipinski definition) is 3. The van der Waals surface area contributed by atoms with E-state index in [1.54, 1.807) is 0 Å². The zero-order chi connectivity index (χ0) is 19.1. The third-order valence-corrected chi connectivity index (χ3v) is 4.97. The average molecular weight is 356 g/mol. The van der Waals surface area contributed by atoms with Gasteiger partial charge in [-0.15, -0.1) is 0 Å². The second-order valence-electron chi connectivity index (χ2n) is 7.32. The number of fused-ring (bicyclic) bond motifs is 1. The summed E-state index contributed by atoms with van der Waals surface area (Å²) in [6.45, 7) is 6.25. The van der Waals surface area contributed by atoms with Gasteiger partial charge in [0, 0.05) is 59.4 Å². The fraction of sp³-hybridized carbons (Fsp3) is 0.217. The number of benzene rings is 1. The largest absolute Gasteiger partial charge is 0.363 e. The molecule has 3 aromatic heterocycles. The van der Waals surface area contributed by atoms with Crippen molar-refractivity contribution in [2.24, 2.45) is 0 Å². The fourth-order valence-corrected chi connectivity index (χ4v) is 3.61. The number of pyridine rings is 2. The van der Waals surface area contributed by atoms with Gasteiger partial charge in [0.15, 0.2) is 0 Å². The van der Waals surface area contributed by atoms with Crippen molar-refractivity contribution in [2.75, 3.05) is 19.0 Å². The zero-order valence-electron chi connectivity index (χ0n) is 16.5. The van der Waals surface area contributed by atoms with E-state index < -0.39 is 0 Å². The maximum Gasteiger partial charge on any atom is 0.127 e. The first-order chi connectivity index (χ1) is 12.9. The van der Waals surface area contributed by atoms with Gasteiger partial charge in [-0.3, -0.25) is 4.98 Å². The number of rotatable bonds is 3. The SMILES string of the molecule is Cc1cc(-c2[nH]c3cc(-c4ccc(N(C)C)nc4)ccc3c2C)cc(C)n1. The molecule has 0 radical (unpaired) electrons. The molecule has 0 unspecified atom stereocenters. The molecular formula is C23H24N4. The lowest BCUT2D eigenvalue weighted by atomic mass is 10.0. The van der Waals surface area contributed by atoms with Crippen molar-refractivity contribution >= 4 is 16.7 Å². The summed E-state index contributed by atoms with van der Waals surface area (Å²) < 4.78 is 0. The van der Waals surface area contributed by atoms with Crippen LogP contribution in [0.2, 0.25) is 0 Å². The van der Waals surface area contributed by atoms with Crippen molar-refractivity contribution in [3.05, 3.63) is 65.6 Å². The predicted octanol–water partition coefficient (Wildman–Crippen LogP) is 5.28. The van der Waals surface area contributed by atoms with E-state index in [0.717, 1.165) is 39.5 Å². The van der Waals surface area contributed by atoms with Gasteiger partial charge in [0.2, 0.25) is 0 Å². The van der Waals surface area contributed by atoms with E-state index in [1.807, 2.05) is 45.1 Å². The normalized spacial score (nSPS) is 11.1. The molecule has 0 spiro atoms. The van der Waals surface area contributed by atoms with Gasteiger partial charge in [0.25, 0.3) is 0 Å². The molecule has 4 nitrogen and oxygen atoms in total. The molecule has 4 aromatic rings. The smallest absolute Gasteiger partial charge is 0.127 e. The summed E-state index contributed by atoms with van der Waals surface area (Å²) in [5.41, 5.74) is 9.12. The first-order valence-electron chi connectivity index (χ1n) is 9.14. The standard InChI is InChI=1S/C23H24N4/c1-14-10-19(11-15(2)25-14)23-16(3)20-8-6-17(12-21(20)26-23)18-7-9-22(24-13-18)27(4)5/h6-13,26H,1-5H3. The lowest BCUT2D eigenvalue weighted by Crippen LogP contribution is -2.09. The summed E-state index contributed by atoms with van der Waals surface area (Å²) in [5, 5.41) is 1.25. The molecule has 136 valence electrons. The minimum Gasteiger partial charge on any atom is -0.363 e. The zero-order valence-corrected chi connectivity index (χ0v) is 16.5. The van der Waals surface area contributed by atoms with Crippen molar-refractivity contribution in [3.8, 4) is 22.4 Å². The molecule has 4 rings (SSSR count). The number of anilines is 1. The molecule has 1 aromatic carbocycles. The van der Waals surface area contributed by atoms with Crippen LogP contribution in [-0.4, -0.2) is 29.0 Å².